The molecule has 0 bridgehead atoms. The molecule has 1 unspecified atom stereocenters. The lowest BCUT2D eigenvalue weighted by molar-refractivity contribution is 0.172. The van der Waals surface area contributed by atoms with Crippen LogP contribution in [0.25, 0.3) is 0 Å². The van der Waals surface area contributed by atoms with Gasteiger partial charge in [0.25, 0.3) is 0 Å². The largest absolute Gasteiger partial charge is 0.490 e. The van der Waals surface area contributed by atoms with Crippen molar-refractivity contribution in [1.82, 2.24) is 0 Å². The highest BCUT2D eigenvalue weighted by Crippen LogP contribution is 2.20. The second-order valence-electron chi connectivity index (χ2n) is 8.23. The third-order valence-electron chi connectivity index (χ3n) is 5.56. The molecule has 0 saturated carbocycles. The van der Waals surface area contributed by atoms with Gasteiger partial charge in [0, 0.05) is 0 Å². The quantitative estimate of drug-likeness (QED) is 0.219. The van der Waals surface area contributed by atoms with Gasteiger partial charge in [0.2, 0.25) is 0 Å². The van der Waals surface area contributed by atoms with Crippen LogP contribution in [0.1, 0.15) is 123 Å². The van der Waals surface area contributed by atoms with Crippen molar-refractivity contribution in [2.45, 2.75) is 129 Å². The van der Waals surface area contributed by atoms with E-state index in [0.29, 0.717) is 6.10 Å². The lowest BCUT2D eigenvalue weighted by atomic mass is 10.0. The maximum atomic E-state index is 6.31. The van der Waals surface area contributed by atoms with Gasteiger partial charge in [0.15, 0.2) is 0 Å². The number of para-hydroxylation sites is 1. The summed E-state index contributed by atoms with van der Waals surface area (Å²) in [5.74, 6) is 1.05. The molecule has 1 nitrogen and oxygen atoms in total. The van der Waals surface area contributed by atoms with E-state index in [1.54, 1.807) is 0 Å². The summed E-state index contributed by atoms with van der Waals surface area (Å²) in [7, 11) is 0. The Balaban J connectivity index is 2.17. The highest BCUT2D eigenvalue weighted by atomic mass is 16.5. The van der Waals surface area contributed by atoms with Gasteiger partial charge in [-0.15, -0.1) is 0 Å². The Hall–Kier alpha value is -0.980. The van der Waals surface area contributed by atoms with Crippen LogP contribution in [-0.4, -0.2) is 6.10 Å². The van der Waals surface area contributed by atoms with Crippen molar-refractivity contribution >= 4 is 0 Å². The van der Waals surface area contributed by atoms with Crippen LogP contribution >= 0.6 is 0 Å². The average molecular weight is 375 g/mol. The van der Waals surface area contributed by atoms with Crippen LogP contribution < -0.4 is 4.74 Å². The third-order valence-corrected chi connectivity index (χ3v) is 5.56. The predicted octanol–water partition coefficient (Wildman–Crippen LogP) is 9.11. The summed E-state index contributed by atoms with van der Waals surface area (Å²) >= 11 is 0. The molecule has 0 aliphatic carbocycles. The Kier molecular flexibility index (Phi) is 16.4. The molecular formula is C26H46O. The second kappa shape index (κ2) is 18.4. The summed E-state index contributed by atoms with van der Waals surface area (Å²) in [5.41, 5.74) is 0. The van der Waals surface area contributed by atoms with Crippen molar-refractivity contribution in [2.24, 2.45) is 0 Å². The fourth-order valence-corrected chi connectivity index (χ4v) is 3.79. The van der Waals surface area contributed by atoms with Gasteiger partial charge in [0.05, 0.1) is 6.10 Å². The zero-order valence-corrected chi connectivity index (χ0v) is 18.4. The minimum Gasteiger partial charge on any atom is -0.490 e. The van der Waals surface area contributed by atoms with E-state index in [0.717, 1.165) is 5.75 Å². The second-order valence-corrected chi connectivity index (χ2v) is 8.23. The number of ether oxygens (including phenoxy) is 1. The first-order valence-corrected chi connectivity index (χ1v) is 12.1. The van der Waals surface area contributed by atoms with Crippen LogP contribution in [0.2, 0.25) is 0 Å². The first-order chi connectivity index (χ1) is 13.4. The van der Waals surface area contributed by atoms with E-state index < -0.39 is 0 Å². The molecule has 0 N–H and O–H groups in total. The first-order valence-electron chi connectivity index (χ1n) is 12.1. The molecule has 1 heteroatoms. The minimum atomic E-state index is 0.406. The molecule has 0 spiro atoms. The number of hydrogen-bond donors (Lipinski definition) is 0. The predicted molar refractivity (Wildman–Crippen MR) is 121 cm³/mol. The molecule has 1 atom stereocenters. The van der Waals surface area contributed by atoms with Gasteiger partial charge < -0.3 is 4.74 Å². The van der Waals surface area contributed by atoms with Crippen LogP contribution in [-0.2, 0) is 0 Å². The molecule has 0 heterocycles. The molecule has 0 fully saturated rings. The maximum Gasteiger partial charge on any atom is 0.119 e. The van der Waals surface area contributed by atoms with Gasteiger partial charge in [-0.3, -0.25) is 0 Å². The van der Waals surface area contributed by atoms with Gasteiger partial charge in [0.1, 0.15) is 5.75 Å². The van der Waals surface area contributed by atoms with E-state index in [1.807, 2.05) is 0 Å². The summed E-state index contributed by atoms with van der Waals surface area (Å²) in [5, 5.41) is 0. The van der Waals surface area contributed by atoms with Gasteiger partial charge in [-0.05, 0) is 37.8 Å². The molecule has 0 saturated heterocycles. The lowest BCUT2D eigenvalue weighted by Gasteiger charge is -2.19. The highest BCUT2D eigenvalue weighted by Gasteiger charge is 2.10. The van der Waals surface area contributed by atoms with E-state index >= 15 is 0 Å². The van der Waals surface area contributed by atoms with Crippen molar-refractivity contribution in [2.75, 3.05) is 0 Å². The summed E-state index contributed by atoms with van der Waals surface area (Å²) in [4.78, 5) is 0. The molecule has 27 heavy (non-hydrogen) atoms. The number of benzene rings is 1. The average Bonchev–Trinajstić information content (AvgIpc) is 2.70. The van der Waals surface area contributed by atoms with Crippen LogP contribution in [0.5, 0.6) is 5.75 Å². The van der Waals surface area contributed by atoms with E-state index in [9.17, 15) is 0 Å². The Bertz CT molecular complexity index is 400. The fraction of sp³-hybridized carbons (Fsp3) is 0.769. The van der Waals surface area contributed by atoms with Crippen LogP contribution in [0.15, 0.2) is 30.3 Å². The summed E-state index contributed by atoms with van der Waals surface area (Å²) in [6.45, 7) is 4.58. The Morgan fingerprint density at radius 3 is 1.41 bits per heavy atom. The van der Waals surface area contributed by atoms with Crippen LogP contribution in [0.3, 0.4) is 0 Å². The molecule has 156 valence electrons. The molecule has 0 amide bonds. The number of rotatable bonds is 19. The van der Waals surface area contributed by atoms with Gasteiger partial charge in [-0.25, -0.2) is 0 Å². The van der Waals surface area contributed by atoms with Gasteiger partial charge in [-0.2, -0.15) is 0 Å². The number of unbranched alkanes of at least 4 members (excludes halogenated alkanes) is 13. The van der Waals surface area contributed by atoms with E-state index in [1.165, 1.54) is 109 Å². The zero-order valence-electron chi connectivity index (χ0n) is 18.4. The summed E-state index contributed by atoms with van der Waals surface area (Å²) in [6.07, 6.45) is 23.6. The van der Waals surface area contributed by atoms with Crippen molar-refractivity contribution in [3.63, 3.8) is 0 Å². The molecule has 0 aromatic heterocycles. The number of hydrogen-bond acceptors (Lipinski definition) is 1. The van der Waals surface area contributed by atoms with Crippen molar-refractivity contribution in [1.29, 1.82) is 0 Å². The smallest absolute Gasteiger partial charge is 0.119 e. The molecule has 0 radical (unpaired) electrons. The maximum absolute atomic E-state index is 6.31. The lowest BCUT2D eigenvalue weighted by Crippen LogP contribution is -2.16. The minimum absolute atomic E-state index is 0.406. The Morgan fingerprint density at radius 2 is 0.963 bits per heavy atom. The molecule has 1 rings (SSSR count). The third kappa shape index (κ3) is 14.7. The topological polar surface area (TPSA) is 9.23 Å². The fourth-order valence-electron chi connectivity index (χ4n) is 3.79. The zero-order chi connectivity index (χ0) is 19.4. The van der Waals surface area contributed by atoms with E-state index in [-0.39, 0.29) is 0 Å². The SMILES string of the molecule is CCCCCCCCCCCC(CCCCCCCC)Oc1ccccc1. The Morgan fingerprint density at radius 1 is 0.556 bits per heavy atom. The first kappa shape index (κ1) is 24.1. The van der Waals surface area contributed by atoms with Gasteiger partial charge in [-0.1, -0.05) is 116 Å². The van der Waals surface area contributed by atoms with Crippen LogP contribution in [0, 0.1) is 0 Å². The monoisotopic (exact) mass is 374 g/mol. The van der Waals surface area contributed by atoms with E-state index in [2.05, 4.69) is 44.2 Å². The molecule has 0 aliphatic heterocycles. The van der Waals surface area contributed by atoms with Crippen molar-refractivity contribution in [3.05, 3.63) is 30.3 Å². The molecule has 0 aliphatic rings. The molecule has 1 aromatic carbocycles. The van der Waals surface area contributed by atoms with E-state index in [4.69, 9.17) is 4.74 Å². The normalized spacial score (nSPS) is 12.2. The standard InChI is InChI=1S/C26H46O/c1-3-5-7-9-11-12-13-15-18-22-25(21-17-14-10-8-6-4-2)27-26-23-19-16-20-24-26/h16,19-20,23-25H,3-15,17-18,21-22H2,1-2H3. The van der Waals surface area contributed by atoms with Gasteiger partial charge >= 0.3 is 0 Å². The van der Waals surface area contributed by atoms with Crippen molar-refractivity contribution < 1.29 is 4.74 Å². The van der Waals surface area contributed by atoms with Crippen LogP contribution in [0.4, 0.5) is 0 Å². The van der Waals surface area contributed by atoms with Crippen molar-refractivity contribution in [3.8, 4) is 5.75 Å². The molecular weight excluding hydrogens is 328 g/mol. The highest BCUT2D eigenvalue weighted by molar-refractivity contribution is 5.21. The summed E-state index contributed by atoms with van der Waals surface area (Å²) < 4.78 is 6.31. The summed E-state index contributed by atoms with van der Waals surface area (Å²) in [6, 6.07) is 10.4. The Labute approximate surface area is 170 Å². The molecule has 1 aromatic rings.